The van der Waals surface area contributed by atoms with E-state index in [0.29, 0.717) is 5.57 Å². The van der Waals surface area contributed by atoms with Gasteiger partial charge in [-0.25, -0.2) is 4.79 Å². The first-order valence-electron chi connectivity index (χ1n) is 11.2. The summed E-state index contributed by atoms with van der Waals surface area (Å²) < 4.78 is 11.8. The molecule has 4 rings (SSSR count). The van der Waals surface area contributed by atoms with Crippen LogP contribution in [0, 0.1) is 34.5 Å². The molecule has 3 saturated carbocycles. The molecule has 7 unspecified atom stereocenters. The summed E-state index contributed by atoms with van der Waals surface area (Å²) in [7, 11) is 0. The minimum atomic E-state index is -1.09. The molecule has 1 N–H and O–H groups in total. The molecular formula is C25H36O6. The molecule has 0 spiro atoms. The Morgan fingerprint density at radius 2 is 1.81 bits per heavy atom. The van der Waals surface area contributed by atoms with Crippen molar-refractivity contribution in [3.8, 4) is 0 Å². The highest BCUT2D eigenvalue weighted by Gasteiger charge is 2.76. The van der Waals surface area contributed by atoms with Crippen LogP contribution in [0.5, 0.6) is 0 Å². The highest BCUT2D eigenvalue weighted by atomic mass is 16.6. The smallest absolute Gasteiger partial charge is 0.333 e. The molecular weight excluding hydrogens is 396 g/mol. The number of ketones is 1. The van der Waals surface area contributed by atoms with Gasteiger partial charge >= 0.3 is 11.9 Å². The second kappa shape index (κ2) is 7.88. The number of carbonyl (C=O) groups excluding carboxylic acids is 3. The van der Waals surface area contributed by atoms with Gasteiger partial charge < -0.3 is 14.6 Å². The van der Waals surface area contributed by atoms with E-state index in [1.807, 2.05) is 41.5 Å². The van der Waals surface area contributed by atoms with Crippen LogP contribution < -0.4 is 0 Å². The van der Waals surface area contributed by atoms with E-state index in [9.17, 15) is 19.5 Å². The van der Waals surface area contributed by atoms with Crippen molar-refractivity contribution in [3.63, 3.8) is 0 Å². The number of rotatable bonds is 5. The SMILES string of the molecule is CC=C(C)C(=O)OC1C(O)C(C)(C)C2C3C(=O)C=C(C)C2C3(C)C1OC(=O)CC(C)C. The maximum atomic E-state index is 13.1. The van der Waals surface area contributed by atoms with E-state index in [-0.39, 0.29) is 30.0 Å². The molecule has 0 saturated heterocycles. The summed E-state index contributed by atoms with van der Waals surface area (Å²) in [5, 5.41) is 11.5. The van der Waals surface area contributed by atoms with Gasteiger partial charge in [-0.1, -0.05) is 46.3 Å². The molecule has 3 fully saturated rings. The van der Waals surface area contributed by atoms with E-state index in [1.165, 1.54) is 0 Å². The lowest BCUT2D eigenvalue weighted by atomic mass is 9.37. The highest BCUT2D eigenvalue weighted by Crippen LogP contribution is 2.72. The standard InChI is InChI=1S/C25H36O6/c1-9-13(4)23(29)31-20-21(28)24(6,7)19-17-14(5)11-15(26)18(19)25(17,8)22(20)30-16(27)10-12(2)3/h9,11-12,17-22,28H,10H2,1-8H3. The van der Waals surface area contributed by atoms with Crippen molar-refractivity contribution in [2.24, 2.45) is 34.5 Å². The molecule has 0 aromatic heterocycles. The van der Waals surface area contributed by atoms with Gasteiger partial charge in [-0.05, 0) is 50.0 Å². The van der Waals surface area contributed by atoms with Gasteiger partial charge in [0.25, 0.3) is 0 Å². The molecule has 0 radical (unpaired) electrons. The number of aliphatic hydroxyl groups is 1. The quantitative estimate of drug-likeness (QED) is 0.527. The Hall–Kier alpha value is -1.95. The number of esters is 2. The molecule has 0 aromatic carbocycles. The van der Waals surface area contributed by atoms with E-state index in [2.05, 4.69) is 0 Å². The average molecular weight is 433 g/mol. The molecule has 0 aromatic rings. The van der Waals surface area contributed by atoms with Gasteiger partial charge in [0.15, 0.2) is 11.9 Å². The third-order valence-corrected chi connectivity index (χ3v) is 7.90. The Morgan fingerprint density at radius 3 is 2.32 bits per heavy atom. The summed E-state index contributed by atoms with van der Waals surface area (Å²) >= 11 is 0. The maximum absolute atomic E-state index is 13.1. The van der Waals surface area contributed by atoms with Crippen LogP contribution in [0.25, 0.3) is 0 Å². The van der Waals surface area contributed by atoms with Gasteiger partial charge in [-0.15, -0.1) is 0 Å². The Bertz CT molecular complexity index is 850. The Labute approximate surface area is 185 Å². The number of hydrogen-bond acceptors (Lipinski definition) is 6. The van der Waals surface area contributed by atoms with Crippen LogP contribution >= 0.6 is 0 Å². The molecule has 6 heteroatoms. The summed E-state index contributed by atoms with van der Waals surface area (Å²) in [4.78, 5) is 38.5. The van der Waals surface area contributed by atoms with E-state index in [1.54, 1.807) is 26.0 Å². The number of aliphatic hydroxyl groups excluding tert-OH is 1. The largest absolute Gasteiger partial charge is 0.458 e. The monoisotopic (exact) mass is 432 g/mol. The predicted octanol–water partition coefficient (Wildman–Crippen LogP) is 3.62. The first-order chi connectivity index (χ1) is 14.3. The first-order valence-corrected chi connectivity index (χ1v) is 11.2. The normalized spacial score (nSPS) is 38.7. The van der Waals surface area contributed by atoms with E-state index < -0.39 is 47.0 Å². The second-order valence-electron chi connectivity index (χ2n) is 10.8. The molecule has 4 aliphatic carbocycles. The van der Waals surface area contributed by atoms with Gasteiger partial charge in [-0.2, -0.15) is 0 Å². The number of ether oxygens (including phenoxy) is 2. The first kappa shape index (κ1) is 23.7. The Kier molecular flexibility index (Phi) is 6.02. The topological polar surface area (TPSA) is 89.9 Å². The fourth-order valence-corrected chi connectivity index (χ4v) is 6.23. The maximum Gasteiger partial charge on any atom is 0.333 e. The van der Waals surface area contributed by atoms with Gasteiger partial charge in [0, 0.05) is 23.3 Å². The minimum absolute atomic E-state index is 0.00528. The second-order valence-corrected chi connectivity index (χ2v) is 10.8. The van der Waals surface area contributed by atoms with Crippen molar-refractivity contribution >= 4 is 17.7 Å². The Morgan fingerprint density at radius 1 is 1.19 bits per heavy atom. The molecule has 0 amide bonds. The third kappa shape index (κ3) is 3.47. The van der Waals surface area contributed by atoms with Gasteiger partial charge in [-0.3, -0.25) is 9.59 Å². The molecule has 31 heavy (non-hydrogen) atoms. The molecule has 4 bridgehead atoms. The fraction of sp³-hybridized carbons (Fsp3) is 0.720. The number of allylic oxidation sites excluding steroid dienone is 3. The van der Waals surface area contributed by atoms with Crippen LogP contribution in [0.1, 0.15) is 61.8 Å². The molecule has 172 valence electrons. The van der Waals surface area contributed by atoms with Crippen molar-refractivity contribution < 1.29 is 29.0 Å². The van der Waals surface area contributed by atoms with Crippen LogP contribution in [-0.4, -0.2) is 41.1 Å². The van der Waals surface area contributed by atoms with Crippen LogP contribution in [0.15, 0.2) is 23.3 Å². The van der Waals surface area contributed by atoms with Gasteiger partial charge in [0.05, 0.1) is 0 Å². The average Bonchev–Trinajstić information content (AvgIpc) is 2.73. The van der Waals surface area contributed by atoms with Crippen LogP contribution in [-0.2, 0) is 23.9 Å². The molecule has 6 nitrogen and oxygen atoms in total. The van der Waals surface area contributed by atoms with Crippen molar-refractivity contribution in [1.29, 1.82) is 0 Å². The van der Waals surface area contributed by atoms with Crippen molar-refractivity contribution in [1.82, 2.24) is 0 Å². The molecule has 7 atom stereocenters. The third-order valence-electron chi connectivity index (χ3n) is 7.90. The van der Waals surface area contributed by atoms with Gasteiger partial charge in [0.2, 0.25) is 0 Å². The van der Waals surface area contributed by atoms with E-state index in [0.717, 1.165) is 5.57 Å². The van der Waals surface area contributed by atoms with Crippen LogP contribution in [0.3, 0.4) is 0 Å². The van der Waals surface area contributed by atoms with Crippen LogP contribution in [0.4, 0.5) is 0 Å². The lowest BCUT2D eigenvalue weighted by Crippen LogP contribution is -2.68. The summed E-state index contributed by atoms with van der Waals surface area (Å²) in [6.07, 6.45) is 0.471. The molecule has 4 aliphatic rings. The summed E-state index contributed by atoms with van der Waals surface area (Å²) in [6, 6.07) is 0. The summed E-state index contributed by atoms with van der Waals surface area (Å²) in [5.41, 5.74) is -0.113. The van der Waals surface area contributed by atoms with Crippen molar-refractivity contribution in [3.05, 3.63) is 23.3 Å². The molecule has 0 heterocycles. The zero-order chi connectivity index (χ0) is 23.5. The molecule has 0 aliphatic heterocycles. The summed E-state index contributed by atoms with van der Waals surface area (Å²) in [6.45, 7) is 14.9. The Balaban J connectivity index is 2.12. The highest BCUT2D eigenvalue weighted by molar-refractivity contribution is 5.97. The number of fused-ring (bicyclic) bond motifs is 3. The lowest BCUT2D eigenvalue weighted by Gasteiger charge is -2.65. The van der Waals surface area contributed by atoms with Crippen LogP contribution in [0.2, 0.25) is 0 Å². The predicted molar refractivity (Wildman–Crippen MR) is 116 cm³/mol. The van der Waals surface area contributed by atoms with E-state index >= 15 is 0 Å². The zero-order valence-electron chi connectivity index (χ0n) is 19.9. The lowest BCUT2D eigenvalue weighted by molar-refractivity contribution is -0.214. The van der Waals surface area contributed by atoms with Crippen molar-refractivity contribution in [2.45, 2.75) is 80.1 Å². The fourth-order valence-electron chi connectivity index (χ4n) is 6.23. The van der Waals surface area contributed by atoms with Gasteiger partial charge in [0.1, 0.15) is 12.2 Å². The number of hydrogen-bond donors (Lipinski definition) is 1. The summed E-state index contributed by atoms with van der Waals surface area (Å²) in [5.74, 6) is -1.42. The number of carbonyl (C=O) groups is 3. The van der Waals surface area contributed by atoms with E-state index in [4.69, 9.17) is 9.47 Å². The zero-order valence-corrected chi connectivity index (χ0v) is 19.9. The minimum Gasteiger partial charge on any atom is -0.458 e. The van der Waals surface area contributed by atoms with Crippen molar-refractivity contribution in [2.75, 3.05) is 0 Å².